The molecule has 0 aromatic heterocycles. The number of carbonyl (C=O) groups excluding carboxylic acids is 1. The second-order valence-corrected chi connectivity index (χ2v) is 4.94. The first-order valence-corrected chi connectivity index (χ1v) is 6.26. The summed E-state index contributed by atoms with van der Waals surface area (Å²) in [4.78, 5) is 11.9. The molecule has 2 rings (SSSR count). The molecule has 0 saturated carbocycles. The minimum atomic E-state index is -0.0710. The standard InChI is InChI=1S/C14H19NO3/c1-10(2)7-18-13-5-3-4-11(6-13)14(16)15-12-8-17-9-12/h3-6,10,12H,7-9H2,1-2H3,(H,15,16). The molecule has 0 unspecified atom stereocenters. The molecule has 4 heteroatoms. The molecular formula is C14H19NO3. The van der Waals surface area contributed by atoms with Crippen LogP contribution in [0.2, 0.25) is 0 Å². The Hall–Kier alpha value is -1.55. The third-order valence-corrected chi connectivity index (χ3v) is 2.65. The average Bonchev–Trinajstić information content (AvgIpc) is 2.31. The number of hydrogen-bond donors (Lipinski definition) is 1. The first-order valence-electron chi connectivity index (χ1n) is 6.26. The van der Waals surface area contributed by atoms with Crippen LogP contribution in [0.25, 0.3) is 0 Å². The van der Waals surface area contributed by atoms with Crippen LogP contribution in [0, 0.1) is 5.92 Å². The minimum Gasteiger partial charge on any atom is -0.493 e. The number of benzene rings is 1. The number of rotatable bonds is 5. The summed E-state index contributed by atoms with van der Waals surface area (Å²) in [6.07, 6.45) is 0. The summed E-state index contributed by atoms with van der Waals surface area (Å²) in [6.45, 7) is 6.05. The van der Waals surface area contributed by atoms with Crippen LogP contribution >= 0.6 is 0 Å². The van der Waals surface area contributed by atoms with Gasteiger partial charge in [0.1, 0.15) is 5.75 Å². The Bertz CT molecular complexity index is 413. The van der Waals surface area contributed by atoms with Crippen molar-refractivity contribution in [3.63, 3.8) is 0 Å². The van der Waals surface area contributed by atoms with E-state index in [4.69, 9.17) is 9.47 Å². The van der Waals surface area contributed by atoms with Gasteiger partial charge in [0.05, 0.1) is 25.9 Å². The first-order chi connectivity index (χ1) is 8.65. The number of hydrogen-bond acceptors (Lipinski definition) is 3. The zero-order chi connectivity index (χ0) is 13.0. The highest BCUT2D eigenvalue weighted by molar-refractivity contribution is 5.94. The highest BCUT2D eigenvalue weighted by atomic mass is 16.5. The van der Waals surface area contributed by atoms with Gasteiger partial charge in [-0.2, -0.15) is 0 Å². The van der Waals surface area contributed by atoms with E-state index in [2.05, 4.69) is 19.2 Å². The lowest BCUT2D eigenvalue weighted by atomic mass is 10.1. The summed E-state index contributed by atoms with van der Waals surface area (Å²) >= 11 is 0. The summed E-state index contributed by atoms with van der Waals surface area (Å²) in [5, 5.41) is 2.91. The predicted molar refractivity (Wildman–Crippen MR) is 68.8 cm³/mol. The van der Waals surface area contributed by atoms with Crippen molar-refractivity contribution in [2.24, 2.45) is 5.92 Å². The molecule has 18 heavy (non-hydrogen) atoms. The van der Waals surface area contributed by atoms with Crippen molar-refractivity contribution in [3.8, 4) is 5.75 Å². The van der Waals surface area contributed by atoms with Gasteiger partial charge in [0.25, 0.3) is 5.91 Å². The fraction of sp³-hybridized carbons (Fsp3) is 0.500. The van der Waals surface area contributed by atoms with Gasteiger partial charge in [-0.3, -0.25) is 4.79 Å². The Labute approximate surface area is 107 Å². The van der Waals surface area contributed by atoms with Crippen LogP contribution in [-0.2, 0) is 4.74 Å². The minimum absolute atomic E-state index is 0.0710. The van der Waals surface area contributed by atoms with Gasteiger partial charge in [-0.1, -0.05) is 19.9 Å². The molecule has 1 aliphatic rings. The summed E-state index contributed by atoms with van der Waals surface area (Å²) in [6, 6.07) is 7.42. The summed E-state index contributed by atoms with van der Waals surface area (Å²) in [5.41, 5.74) is 0.628. The molecule has 1 heterocycles. The van der Waals surface area contributed by atoms with Crippen molar-refractivity contribution in [2.75, 3.05) is 19.8 Å². The smallest absolute Gasteiger partial charge is 0.251 e. The number of amides is 1. The van der Waals surface area contributed by atoms with Gasteiger partial charge in [0.2, 0.25) is 0 Å². The molecule has 1 aliphatic heterocycles. The van der Waals surface area contributed by atoms with Crippen LogP contribution in [-0.4, -0.2) is 31.8 Å². The van der Waals surface area contributed by atoms with Gasteiger partial charge >= 0.3 is 0 Å². The summed E-state index contributed by atoms with van der Waals surface area (Å²) in [7, 11) is 0. The van der Waals surface area contributed by atoms with Crippen molar-refractivity contribution in [1.29, 1.82) is 0 Å². The van der Waals surface area contributed by atoms with Crippen LogP contribution in [0.3, 0.4) is 0 Å². The van der Waals surface area contributed by atoms with Gasteiger partial charge in [-0.05, 0) is 24.1 Å². The van der Waals surface area contributed by atoms with Crippen LogP contribution in [0.15, 0.2) is 24.3 Å². The molecule has 0 bridgehead atoms. The number of ether oxygens (including phenoxy) is 2. The van der Waals surface area contributed by atoms with E-state index >= 15 is 0 Å². The Balaban J connectivity index is 1.94. The molecule has 0 radical (unpaired) electrons. The zero-order valence-electron chi connectivity index (χ0n) is 10.8. The molecule has 0 aliphatic carbocycles. The van der Waals surface area contributed by atoms with Gasteiger partial charge < -0.3 is 14.8 Å². The largest absolute Gasteiger partial charge is 0.493 e. The lowest BCUT2D eigenvalue weighted by Gasteiger charge is -2.26. The lowest BCUT2D eigenvalue weighted by molar-refractivity contribution is -0.00346. The first kappa shape index (κ1) is 12.9. The molecule has 1 aromatic rings. The zero-order valence-corrected chi connectivity index (χ0v) is 10.8. The summed E-state index contributed by atoms with van der Waals surface area (Å²) < 4.78 is 10.6. The molecule has 0 atom stereocenters. The molecule has 0 spiro atoms. The molecule has 98 valence electrons. The average molecular weight is 249 g/mol. The van der Waals surface area contributed by atoms with E-state index in [9.17, 15) is 4.79 Å². The summed E-state index contributed by atoms with van der Waals surface area (Å²) in [5.74, 6) is 1.13. The van der Waals surface area contributed by atoms with Gasteiger partial charge in [-0.25, -0.2) is 0 Å². The van der Waals surface area contributed by atoms with Crippen LogP contribution < -0.4 is 10.1 Å². The van der Waals surface area contributed by atoms with E-state index in [1.165, 1.54) is 0 Å². The Morgan fingerprint density at radius 3 is 2.89 bits per heavy atom. The predicted octanol–water partition coefficient (Wildman–Crippen LogP) is 1.85. The lowest BCUT2D eigenvalue weighted by Crippen LogP contribution is -2.48. The maximum atomic E-state index is 11.9. The van der Waals surface area contributed by atoms with E-state index in [1.54, 1.807) is 12.1 Å². The van der Waals surface area contributed by atoms with Crippen molar-refractivity contribution in [1.82, 2.24) is 5.32 Å². The molecule has 4 nitrogen and oxygen atoms in total. The SMILES string of the molecule is CC(C)COc1cccc(C(=O)NC2COC2)c1. The van der Waals surface area contributed by atoms with Gasteiger partial charge in [0.15, 0.2) is 0 Å². The van der Waals surface area contributed by atoms with Crippen LogP contribution in [0.1, 0.15) is 24.2 Å². The fourth-order valence-electron chi connectivity index (χ4n) is 1.58. The topological polar surface area (TPSA) is 47.6 Å². The van der Waals surface area contributed by atoms with E-state index in [-0.39, 0.29) is 11.9 Å². The van der Waals surface area contributed by atoms with Crippen molar-refractivity contribution >= 4 is 5.91 Å². The van der Waals surface area contributed by atoms with Gasteiger partial charge in [0, 0.05) is 5.56 Å². The van der Waals surface area contributed by atoms with Crippen molar-refractivity contribution < 1.29 is 14.3 Å². The Morgan fingerprint density at radius 1 is 1.50 bits per heavy atom. The maximum Gasteiger partial charge on any atom is 0.251 e. The van der Waals surface area contributed by atoms with E-state index in [0.717, 1.165) is 5.75 Å². The quantitative estimate of drug-likeness (QED) is 0.866. The van der Waals surface area contributed by atoms with E-state index in [0.29, 0.717) is 31.3 Å². The van der Waals surface area contributed by atoms with Crippen molar-refractivity contribution in [3.05, 3.63) is 29.8 Å². The third kappa shape index (κ3) is 3.47. The Kier molecular flexibility index (Phi) is 4.20. The normalized spacial score (nSPS) is 15.3. The maximum absolute atomic E-state index is 11.9. The van der Waals surface area contributed by atoms with E-state index < -0.39 is 0 Å². The van der Waals surface area contributed by atoms with Crippen molar-refractivity contribution in [2.45, 2.75) is 19.9 Å². The molecule has 1 N–H and O–H groups in total. The molecule has 1 fully saturated rings. The molecular weight excluding hydrogens is 230 g/mol. The third-order valence-electron chi connectivity index (χ3n) is 2.65. The second-order valence-electron chi connectivity index (χ2n) is 4.94. The van der Waals surface area contributed by atoms with Crippen LogP contribution in [0.4, 0.5) is 0 Å². The second kappa shape index (κ2) is 5.87. The fourth-order valence-corrected chi connectivity index (χ4v) is 1.58. The van der Waals surface area contributed by atoms with Gasteiger partial charge in [-0.15, -0.1) is 0 Å². The highest BCUT2D eigenvalue weighted by Crippen LogP contribution is 2.15. The Morgan fingerprint density at radius 2 is 2.28 bits per heavy atom. The molecule has 1 aromatic carbocycles. The highest BCUT2D eigenvalue weighted by Gasteiger charge is 2.21. The van der Waals surface area contributed by atoms with Crippen LogP contribution in [0.5, 0.6) is 5.75 Å². The molecule has 1 amide bonds. The van der Waals surface area contributed by atoms with E-state index in [1.807, 2.05) is 12.1 Å². The monoisotopic (exact) mass is 249 g/mol. The number of carbonyl (C=O) groups is 1. The molecule has 1 saturated heterocycles. The number of nitrogens with one attached hydrogen (secondary N) is 1.